The van der Waals surface area contributed by atoms with Gasteiger partial charge in [0.25, 0.3) is 0 Å². The van der Waals surface area contributed by atoms with E-state index in [4.69, 9.17) is 0 Å². The summed E-state index contributed by atoms with van der Waals surface area (Å²) in [5, 5.41) is 3.78. The van der Waals surface area contributed by atoms with Gasteiger partial charge in [0, 0.05) is 18.6 Å². The minimum atomic E-state index is 0.573. The quantitative estimate of drug-likeness (QED) is 0.829. The molecule has 0 aromatic heterocycles. The molecule has 1 unspecified atom stereocenters. The Kier molecular flexibility index (Phi) is 4.79. The zero-order valence-electron chi connectivity index (χ0n) is 11.9. The van der Waals surface area contributed by atoms with Crippen LogP contribution in [0.2, 0.25) is 0 Å². The number of hydrogen-bond donors (Lipinski definition) is 1. The van der Waals surface area contributed by atoms with Gasteiger partial charge in [-0.3, -0.25) is 0 Å². The average molecular weight is 246 g/mol. The van der Waals surface area contributed by atoms with Gasteiger partial charge in [0.2, 0.25) is 0 Å². The lowest BCUT2D eigenvalue weighted by Gasteiger charge is -2.26. The molecular formula is C16H26N2. The lowest BCUT2D eigenvalue weighted by atomic mass is 10.1. The van der Waals surface area contributed by atoms with Gasteiger partial charge in [-0.05, 0) is 44.0 Å². The molecule has 1 aliphatic carbocycles. The molecule has 2 nitrogen and oxygen atoms in total. The second-order valence-electron chi connectivity index (χ2n) is 5.43. The fraction of sp³-hybridized carbons (Fsp3) is 0.625. The van der Waals surface area contributed by atoms with Crippen LogP contribution in [0.1, 0.15) is 31.9 Å². The van der Waals surface area contributed by atoms with Gasteiger partial charge in [-0.2, -0.15) is 0 Å². The van der Waals surface area contributed by atoms with Crippen LogP contribution in [0.15, 0.2) is 24.3 Å². The third-order valence-corrected chi connectivity index (χ3v) is 4.00. The molecule has 100 valence electrons. The Labute approximate surface area is 111 Å². The minimum absolute atomic E-state index is 0.573. The zero-order valence-corrected chi connectivity index (χ0v) is 11.9. The molecule has 0 fully saturated rings. The highest BCUT2D eigenvalue weighted by Gasteiger charge is 2.22. The summed E-state index contributed by atoms with van der Waals surface area (Å²) in [7, 11) is 0. The topological polar surface area (TPSA) is 15.3 Å². The van der Waals surface area contributed by atoms with E-state index in [9.17, 15) is 0 Å². The van der Waals surface area contributed by atoms with E-state index < -0.39 is 0 Å². The van der Waals surface area contributed by atoms with E-state index in [0.717, 1.165) is 19.6 Å². The molecule has 0 saturated carbocycles. The van der Waals surface area contributed by atoms with Gasteiger partial charge in [0.15, 0.2) is 0 Å². The van der Waals surface area contributed by atoms with E-state index in [-0.39, 0.29) is 0 Å². The van der Waals surface area contributed by atoms with Crippen molar-refractivity contribution in [1.29, 1.82) is 0 Å². The predicted molar refractivity (Wildman–Crippen MR) is 78.0 cm³/mol. The van der Waals surface area contributed by atoms with E-state index in [1.807, 2.05) is 0 Å². The molecule has 0 amide bonds. The van der Waals surface area contributed by atoms with E-state index in [0.29, 0.717) is 12.1 Å². The van der Waals surface area contributed by atoms with E-state index in [1.165, 1.54) is 24.0 Å². The number of rotatable bonds is 6. The Morgan fingerprint density at radius 2 is 1.72 bits per heavy atom. The molecule has 0 radical (unpaired) electrons. The summed E-state index contributed by atoms with van der Waals surface area (Å²) in [4.78, 5) is 2.49. The lowest BCUT2D eigenvalue weighted by Crippen LogP contribution is -2.44. The Balaban J connectivity index is 1.82. The average Bonchev–Trinajstić information content (AvgIpc) is 2.77. The molecule has 18 heavy (non-hydrogen) atoms. The fourth-order valence-corrected chi connectivity index (χ4v) is 3.00. The van der Waals surface area contributed by atoms with Gasteiger partial charge in [-0.15, -0.1) is 0 Å². The Hall–Kier alpha value is -0.860. The SMILES string of the molecule is CCN(CC)CC(C)NC1Cc2ccccc2C1. The fourth-order valence-electron chi connectivity index (χ4n) is 3.00. The molecule has 1 atom stereocenters. The minimum Gasteiger partial charge on any atom is -0.310 e. The first-order valence-corrected chi connectivity index (χ1v) is 7.28. The van der Waals surface area contributed by atoms with Crippen molar-refractivity contribution in [3.8, 4) is 0 Å². The first kappa shape index (κ1) is 13.6. The zero-order chi connectivity index (χ0) is 13.0. The molecule has 1 aliphatic rings. The van der Waals surface area contributed by atoms with Crippen LogP contribution in [0.3, 0.4) is 0 Å². The third kappa shape index (κ3) is 3.33. The smallest absolute Gasteiger partial charge is 0.0169 e. The first-order valence-electron chi connectivity index (χ1n) is 7.28. The molecule has 0 aliphatic heterocycles. The summed E-state index contributed by atoms with van der Waals surface area (Å²) in [5.41, 5.74) is 3.06. The van der Waals surface area contributed by atoms with Crippen molar-refractivity contribution in [2.45, 2.75) is 45.7 Å². The molecule has 2 heteroatoms. The van der Waals surface area contributed by atoms with Crippen molar-refractivity contribution in [3.63, 3.8) is 0 Å². The van der Waals surface area contributed by atoms with Gasteiger partial charge in [0.1, 0.15) is 0 Å². The summed E-state index contributed by atoms with van der Waals surface area (Å²) >= 11 is 0. The maximum Gasteiger partial charge on any atom is 0.0169 e. The largest absolute Gasteiger partial charge is 0.310 e. The van der Waals surface area contributed by atoms with Crippen LogP contribution in [0.5, 0.6) is 0 Å². The van der Waals surface area contributed by atoms with Crippen molar-refractivity contribution in [2.75, 3.05) is 19.6 Å². The molecule has 1 aromatic carbocycles. The predicted octanol–water partition coefficient (Wildman–Crippen LogP) is 2.47. The van der Waals surface area contributed by atoms with Gasteiger partial charge >= 0.3 is 0 Å². The highest BCUT2D eigenvalue weighted by atomic mass is 15.1. The highest BCUT2D eigenvalue weighted by molar-refractivity contribution is 5.33. The molecule has 2 rings (SSSR count). The Morgan fingerprint density at radius 3 is 2.22 bits per heavy atom. The second-order valence-corrected chi connectivity index (χ2v) is 5.43. The monoisotopic (exact) mass is 246 g/mol. The molecule has 0 spiro atoms. The van der Waals surface area contributed by atoms with E-state index >= 15 is 0 Å². The molecule has 0 bridgehead atoms. The second kappa shape index (κ2) is 6.35. The summed E-state index contributed by atoms with van der Waals surface area (Å²) in [6.07, 6.45) is 2.39. The van der Waals surface area contributed by atoms with Gasteiger partial charge in [-0.25, -0.2) is 0 Å². The molecular weight excluding hydrogens is 220 g/mol. The van der Waals surface area contributed by atoms with Crippen molar-refractivity contribution in [2.24, 2.45) is 0 Å². The summed E-state index contributed by atoms with van der Waals surface area (Å²) in [5.74, 6) is 0. The molecule has 0 heterocycles. The number of hydrogen-bond acceptors (Lipinski definition) is 2. The summed E-state index contributed by atoms with van der Waals surface area (Å²) < 4.78 is 0. The van der Waals surface area contributed by atoms with Gasteiger partial charge in [-0.1, -0.05) is 38.1 Å². The van der Waals surface area contributed by atoms with Crippen LogP contribution < -0.4 is 5.32 Å². The summed E-state index contributed by atoms with van der Waals surface area (Å²) in [6, 6.07) is 10.1. The van der Waals surface area contributed by atoms with Crippen molar-refractivity contribution < 1.29 is 0 Å². The van der Waals surface area contributed by atoms with E-state index in [2.05, 4.69) is 55.3 Å². The van der Waals surface area contributed by atoms with Gasteiger partial charge in [0.05, 0.1) is 0 Å². The number of nitrogens with one attached hydrogen (secondary N) is 1. The standard InChI is InChI=1S/C16H26N2/c1-4-18(5-2)12-13(3)17-16-10-14-8-6-7-9-15(14)11-16/h6-9,13,16-17H,4-5,10-12H2,1-3H3. The van der Waals surface area contributed by atoms with Crippen LogP contribution >= 0.6 is 0 Å². The highest BCUT2D eigenvalue weighted by Crippen LogP contribution is 2.21. The maximum absolute atomic E-state index is 3.78. The van der Waals surface area contributed by atoms with Crippen molar-refractivity contribution in [3.05, 3.63) is 35.4 Å². The van der Waals surface area contributed by atoms with Crippen LogP contribution in [-0.4, -0.2) is 36.6 Å². The normalized spacial score (nSPS) is 17.1. The molecule has 1 N–H and O–H groups in total. The van der Waals surface area contributed by atoms with Crippen molar-refractivity contribution in [1.82, 2.24) is 10.2 Å². The molecule has 1 aromatic rings. The number of benzene rings is 1. The van der Waals surface area contributed by atoms with E-state index in [1.54, 1.807) is 0 Å². The first-order chi connectivity index (χ1) is 8.72. The molecule has 0 saturated heterocycles. The maximum atomic E-state index is 3.78. The Bertz CT molecular complexity index is 346. The Morgan fingerprint density at radius 1 is 1.17 bits per heavy atom. The van der Waals surface area contributed by atoms with Crippen LogP contribution in [0, 0.1) is 0 Å². The summed E-state index contributed by atoms with van der Waals surface area (Å²) in [6.45, 7) is 10.2. The van der Waals surface area contributed by atoms with Crippen molar-refractivity contribution >= 4 is 0 Å². The number of nitrogens with zero attached hydrogens (tertiary/aromatic N) is 1. The van der Waals surface area contributed by atoms with Crippen LogP contribution in [0.25, 0.3) is 0 Å². The van der Waals surface area contributed by atoms with Gasteiger partial charge < -0.3 is 10.2 Å². The number of fused-ring (bicyclic) bond motifs is 1. The lowest BCUT2D eigenvalue weighted by molar-refractivity contribution is 0.262. The van der Waals surface area contributed by atoms with Crippen LogP contribution in [-0.2, 0) is 12.8 Å². The number of likely N-dealkylation sites (N-methyl/N-ethyl adjacent to an activating group) is 1. The van der Waals surface area contributed by atoms with Crippen LogP contribution in [0.4, 0.5) is 0 Å². The third-order valence-electron chi connectivity index (χ3n) is 4.00.